The average Bonchev–Trinajstić information content (AvgIpc) is 2.55. The summed E-state index contributed by atoms with van der Waals surface area (Å²) in [4.78, 5) is 4.64. The standard InChI is InChI=1S/C17H14ClFN2O/c18-14-6-3-4-11-8-12(9-20)16(21-17(11)14)13-5-1-2-7-15(13)22-10-19/h1-8H,9-10,20H2. The van der Waals surface area contributed by atoms with Gasteiger partial charge in [0.15, 0.2) is 0 Å². The number of fused-ring (bicyclic) bond motifs is 1. The first-order valence-corrected chi connectivity index (χ1v) is 7.18. The molecule has 0 aliphatic heterocycles. The van der Waals surface area contributed by atoms with E-state index in [0.29, 0.717) is 34.1 Å². The van der Waals surface area contributed by atoms with Crippen LogP contribution in [0, 0.1) is 0 Å². The van der Waals surface area contributed by atoms with Gasteiger partial charge in [-0.25, -0.2) is 9.37 Å². The van der Waals surface area contributed by atoms with E-state index >= 15 is 0 Å². The van der Waals surface area contributed by atoms with Crippen LogP contribution in [-0.4, -0.2) is 11.8 Å². The van der Waals surface area contributed by atoms with Crippen molar-refractivity contribution in [3.8, 4) is 17.0 Å². The Morgan fingerprint density at radius 2 is 1.95 bits per heavy atom. The van der Waals surface area contributed by atoms with Gasteiger partial charge in [0.25, 0.3) is 0 Å². The molecule has 0 aliphatic carbocycles. The number of para-hydroxylation sites is 2. The van der Waals surface area contributed by atoms with Crippen molar-refractivity contribution in [2.45, 2.75) is 6.54 Å². The van der Waals surface area contributed by atoms with Gasteiger partial charge in [0.2, 0.25) is 6.86 Å². The van der Waals surface area contributed by atoms with E-state index in [2.05, 4.69) is 4.98 Å². The molecule has 0 saturated carbocycles. The molecule has 0 radical (unpaired) electrons. The van der Waals surface area contributed by atoms with Crippen LogP contribution in [0.3, 0.4) is 0 Å². The van der Waals surface area contributed by atoms with Gasteiger partial charge >= 0.3 is 0 Å². The Kier molecular flexibility index (Phi) is 4.22. The number of pyridine rings is 1. The van der Waals surface area contributed by atoms with E-state index in [1.54, 1.807) is 18.2 Å². The van der Waals surface area contributed by atoms with E-state index in [9.17, 15) is 4.39 Å². The number of nitrogens with two attached hydrogens (primary N) is 1. The summed E-state index contributed by atoms with van der Waals surface area (Å²) in [5.41, 5.74) is 8.75. The number of hydrogen-bond acceptors (Lipinski definition) is 3. The number of benzene rings is 2. The zero-order valence-electron chi connectivity index (χ0n) is 11.7. The minimum absolute atomic E-state index is 0.314. The maximum atomic E-state index is 12.6. The van der Waals surface area contributed by atoms with Crippen LogP contribution in [0.5, 0.6) is 5.75 Å². The largest absolute Gasteiger partial charge is 0.462 e. The van der Waals surface area contributed by atoms with Crippen molar-refractivity contribution in [3.05, 3.63) is 59.1 Å². The molecule has 0 atom stereocenters. The maximum Gasteiger partial charge on any atom is 0.228 e. The minimum Gasteiger partial charge on any atom is -0.462 e. The van der Waals surface area contributed by atoms with E-state index < -0.39 is 6.86 Å². The molecule has 0 spiro atoms. The van der Waals surface area contributed by atoms with Crippen LogP contribution in [-0.2, 0) is 6.54 Å². The molecule has 0 bridgehead atoms. The summed E-state index contributed by atoms with van der Waals surface area (Å²) in [6.07, 6.45) is 0. The van der Waals surface area contributed by atoms with Crippen molar-refractivity contribution in [2.75, 3.05) is 6.86 Å². The molecule has 1 aromatic heterocycles. The quantitative estimate of drug-likeness (QED) is 0.779. The molecule has 2 N–H and O–H groups in total. The third-order valence-corrected chi connectivity index (χ3v) is 3.75. The predicted octanol–water partition coefficient (Wildman–Crippen LogP) is 4.32. The van der Waals surface area contributed by atoms with E-state index in [1.165, 1.54) is 0 Å². The maximum absolute atomic E-state index is 12.6. The van der Waals surface area contributed by atoms with Crippen molar-refractivity contribution >= 4 is 22.5 Å². The molecule has 1 heterocycles. The van der Waals surface area contributed by atoms with Crippen LogP contribution in [0.4, 0.5) is 4.39 Å². The number of halogens is 2. The summed E-state index contributed by atoms with van der Waals surface area (Å²) in [5, 5.41) is 1.48. The molecule has 3 nitrogen and oxygen atoms in total. The Balaban J connectivity index is 2.28. The Bertz CT molecular complexity index is 823. The molecule has 0 fully saturated rings. The van der Waals surface area contributed by atoms with E-state index in [4.69, 9.17) is 22.1 Å². The summed E-state index contributed by atoms with van der Waals surface area (Å²) in [6, 6.07) is 14.7. The second-order valence-corrected chi connectivity index (χ2v) is 5.17. The van der Waals surface area contributed by atoms with Crippen molar-refractivity contribution < 1.29 is 9.13 Å². The van der Waals surface area contributed by atoms with Crippen molar-refractivity contribution in [2.24, 2.45) is 5.73 Å². The highest BCUT2D eigenvalue weighted by Crippen LogP contribution is 2.34. The van der Waals surface area contributed by atoms with Crippen LogP contribution >= 0.6 is 11.6 Å². The number of ether oxygens (including phenoxy) is 1. The molecule has 3 aromatic rings. The highest BCUT2D eigenvalue weighted by molar-refractivity contribution is 6.35. The fourth-order valence-corrected chi connectivity index (χ4v) is 2.67. The van der Waals surface area contributed by atoms with E-state index in [1.807, 2.05) is 30.3 Å². The summed E-state index contributed by atoms with van der Waals surface area (Å²) >= 11 is 6.23. The number of hydrogen-bond donors (Lipinski definition) is 1. The normalized spacial score (nSPS) is 10.9. The van der Waals surface area contributed by atoms with Gasteiger partial charge in [-0.3, -0.25) is 0 Å². The monoisotopic (exact) mass is 316 g/mol. The predicted molar refractivity (Wildman–Crippen MR) is 86.7 cm³/mol. The Labute approximate surface area is 132 Å². The van der Waals surface area contributed by atoms with Gasteiger partial charge in [-0.2, -0.15) is 0 Å². The summed E-state index contributed by atoms with van der Waals surface area (Å²) < 4.78 is 17.6. The Hall–Kier alpha value is -2.17. The third-order valence-electron chi connectivity index (χ3n) is 3.45. The average molecular weight is 317 g/mol. The fourth-order valence-electron chi connectivity index (χ4n) is 2.44. The molecule has 0 amide bonds. The molecule has 0 aliphatic rings. The molecule has 3 rings (SSSR count). The van der Waals surface area contributed by atoms with Gasteiger partial charge in [-0.15, -0.1) is 0 Å². The Morgan fingerprint density at radius 1 is 1.14 bits per heavy atom. The van der Waals surface area contributed by atoms with Crippen molar-refractivity contribution in [1.29, 1.82) is 0 Å². The fraction of sp³-hybridized carbons (Fsp3) is 0.118. The first-order valence-electron chi connectivity index (χ1n) is 6.81. The van der Waals surface area contributed by atoms with Crippen molar-refractivity contribution in [3.63, 3.8) is 0 Å². The highest BCUT2D eigenvalue weighted by Gasteiger charge is 2.14. The zero-order chi connectivity index (χ0) is 15.5. The third kappa shape index (κ3) is 2.63. The summed E-state index contributed by atoms with van der Waals surface area (Å²) in [5.74, 6) is 0.429. The lowest BCUT2D eigenvalue weighted by Gasteiger charge is -2.13. The van der Waals surface area contributed by atoms with Gasteiger partial charge in [-0.05, 0) is 29.8 Å². The zero-order valence-corrected chi connectivity index (χ0v) is 12.5. The van der Waals surface area contributed by atoms with Gasteiger partial charge < -0.3 is 10.5 Å². The molecule has 0 saturated heterocycles. The van der Waals surface area contributed by atoms with Gasteiger partial charge in [0.05, 0.1) is 16.2 Å². The number of alkyl halides is 1. The highest BCUT2D eigenvalue weighted by atomic mass is 35.5. The lowest BCUT2D eigenvalue weighted by atomic mass is 10.0. The molecule has 0 unspecified atom stereocenters. The molecule has 112 valence electrons. The van der Waals surface area contributed by atoms with Gasteiger partial charge in [0, 0.05) is 17.5 Å². The topological polar surface area (TPSA) is 48.1 Å². The van der Waals surface area contributed by atoms with Crippen LogP contribution in [0.15, 0.2) is 48.5 Å². The van der Waals surface area contributed by atoms with Crippen LogP contribution in [0.2, 0.25) is 5.02 Å². The number of rotatable bonds is 4. The summed E-state index contributed by atoms with van der Waals surface area (Å²) in [6.45, 7) is -0.585. The van der Waals surface area contributed by atoms with Crippen molar-refractivity contribution in [1.82, 2.24) is 4.98 Å². The first-order chi connectivity index (χ1) is 10.7. The smallest absolute Gasteiger partial charge is 0.228 e. The lowest BCUT2D eigenvalue weighted by molar-refractivity contribution is 0.192. The second kappa shape index (κ2) is 6.30. The minimum atomic E-state index is -0.899. The second-order valence-electron chi connectivity index (χ2n) is 4.76. The first kappa shape index (κ1) is 14.8. The number of aromatic nitrogens is 1. The molecular weight excluding hydrogens is 303 g/mol. The number of nitrogens with zero attached hydrogens (tertiary/aromatic N) is 1. The van der Waals surface area contributed by atoms with Gasteiger partial charge in [-0.1, -0.05) is 35.9 Å². The van der Waals surface area contributed by atoms with Gasteiger partial charge in [0.1, 0.15) is 5.75 Å². The SMILES string of the molecule is NCc1cc2cccc(Cl)c2nc1-c1ccccc1OCF. The van der Waals surface area contributed by atoms with E-state index in [0.717, 1.165) is 10.9 Å². The van der Waals surface area contributed by atoms with Crippen LogP contribution in [0.25, 0.3) is 22.2 Å². The molecule has 5 heteroatoms. The molecule has 22 heavy (non-hydrogen) atoms. The lowest BCUT2D eigenvalue weighted by Crippen LogP contribution is -2.03. The molecule has 2 aromatic carbocycles. The Morgan fingerprint density at radius 3 is 2.73 bits per heavy atom. The van der Waals surface area contributed by atoms with Crippen LogP contribution in [0.1, 0.15) is 5.56 Å². The van der Waals surface area contributed by atoms with Crippen LogP contribution < -0.4 is 10.5 Å². The van der Waals surface area contributed by atoms with E-state index in [-0.39, 0.29) is 0 Å². The summed E-state index contributed by atoms with van der Waals surface area (Å²) in [7, 11) is 0. The molecular formula is C17H14ClFN2O.